The normalized spacial score (nSPS) is 21.5. The van der Waals surface area contributed by atoms with Gasteiger partial charge in [0.15, 0.2) is 6.61 Å². The number of anilines is 1. The van der Waals surface area contributed by atoms with Gasteiger partial charge in [0.2, 0.25) is 0 Å². The Morgan fingerprint density at radius 1 is 1.03 bits per heavy atom. The van der Waals surface area contributed by atoms with Gasteiger partial charge in [0.1, 0.15) is 9.96 Å². The molecule has 0 atom stereocenters. The summed E-state index contributed by atoms with van der Waals surface area (Å²) in [6.07, 6.45) is 6.73. The van der Waals surface area contributed by atoms with Gasteiger partial charge < -0.3 is 9.64 Å². The van der Waals surface area contributed by atoms with Crippen LogP contribution in [-0.4, -0.2) is 45.0 Å². The Bertz CT molecular complexity index is 977. The fraction of sp³-hybridized carbons (Fsp3) is 0.522. The van der Waals surface area contributed by atoms with Gasteiger partial charge in [0.05, 0.1) is 5.69 Å². The van der Waals surface area contributed by atoms with Gasteiger partial charge in [0, 0.05) is 19.1 Å². The summed E-state index contributed by atoms with van der Waals surface area (Å²) in [6.45, 7) is 2.31. The van der Waals surface area contributed by atoms with Crippen molar-refractivity contribution in [3.05, 3.63) is 41.8 Å². The van der Waals surface area contributed by atoms with Crippen molar-refractivity contribution in [1.29, 1.82) is 0 Å². The van der Waals surface area contributed by atoms with E-state index in [2.05, 4.69) is 11.8 Å². The number of carbonyl (C=O) groups is 1. The summed E-state index contributed by atoms with van der Waals surface area (Å²) in [6, 6.07) is 10.9. The second-order valence-corrected chi connectivity index (χ2v) is 11.8. The van der Waals surface area contributed by atoms with Gasteiger partial charge in [-0.25, -0.2) is 8.42 Å². The molecule has 31 heavy (non-hydrogen) atoms. The van der Waals surface area contributed by atoms with E-state index in [9.17, 15) is 13.2 Å². The number of carbonyl (C=O) groups excluding carboxylic acids is 1. The van der Waals surface area contributed by atoms with Crippen molar-refractivity contribution in [3.8, 4) is 5.75 Å². The minimum Gasteiger partial charge on any atom is -0.484 e. The first kappa shape index (κ1) is 22.1. The largest absolute Gasteiger partial charge is 0.484 e. The smallest absolute Gasteiger partial charge is 0.273 e. The minimum absolute atomic E-state index is 0.0191. The number of rotatable bonds is 8. The van der Waals surface area contributed by atoms with Crippen molar-refractivity contribution in [2.75, 3.05) is 18.0 Å². The van der Waals surface area contributed by atoms with E-state index < -0.39 is 10.0 Å². The van der Waals surface area contributed by atoms with Gasteiger partial charge >= 0.3 is 0 Å². The van der Waals surface area contributed by atoms with Crippen LogP contribution < -0.4 is 9.04 Å². The molecule has 0 spiro atoms. The molecule has 168 valence electrons. The molecule has 1 aromatic heterocycles. The van der Waals surface area contributed by atoms with Crippen LogP contribution in [0, 0.1) is 5.92 Å². The monoisotopic (exact) mass is 462 g/mol. The SMILES string of the molecule is CC1CCC(N(C(=O)COc2ccc(N(C)S(=O)(=O)c3cccs3)cc2)C2CC2)CC1. The van der Waals surface area contributed by atoms with Gasteiger partial charge in [-0.1, -0.05) is 13.0 Å². The van der Waals surface area contributed by atoms with Crippen molar-refractivity contribution < 1.29 is 17.9 Å². The molecule has 2 aromatic rings. The zero-order valence-electron chi connectivity index (χ0n) is 18.1. The van der Waals surface area contributed by atoms with E-state index in [1.165, 1.54) is 35.5 Å². The maximum absolute atomic E-state index is 12.9. The Morgan fingerprint density at radius 3 is 2.19 bits per heavy atom. The molecule has 1 heterocycles. The third kappa shape index (κ3) is 5.06. The van der Waals surface area contributed by atoms with Crippen LogP contribution in [0.15, 0.2) is 46.0 Å². The second kappa shape index (κ2) is 9.20. The number of hydrogen-bond acceptors (Lipinski definition) is 5. The molecule has 0 radical (unpaired) electrons. The van der Waals surface area contributed by atoms with E-state index in [0.29, 0.717) is 27.7 Å². The average Bonchev–Trinajstić information content (AvgIpc) is 3.43. The molecule has 0 unspecified atom stereocenters. The number of amides is 1. The van der Waals surface area contributed by atoms with Crippen LogP contribution in [0.2, 0.25) is 0 Å². The Morgan fingerprint density at radius 2 is 1.65 bits per heavy atom. The molecular weight excluding hydrogens is 432 g/mol. The maximum Gasteiger partial charge on any atom is 0.273 e. The third-order valence-electron chi connectivity index (χ3n) is 6.28. The van der Waals surface area contributed by atoms with Crippen LogP contribution in [0.4, 0.5) is 5.69 Å². The van der Waals surface area contributed by atoms with Gasteiger partial charge in [-0.2, -0.15) is 0 Å². The Hall–Kier alpha value is -2.06. The lowest BCUT2D eigenvalue weighted by Gasteiger charge is -2.36. The van der Waals surface area contributed by atoms with Crippen molar-refractivity contribution in [2.45, 2.75) is 61.7 Å². The number of hydrogen-bond donors (Lipinski definition) is 0. The molecule has 2 saturated carbocycles. The van der Waals surface area contributed by atoms with Crippen LogP contribution in [0.3, 0.4) is 0 Å². The molecule has 8 heteroatoms. The Balaban J connectivity index is 1.36. The topological polar surface area (TPSA) is 66.9 Å². The Labute approximate surface area is 188 Å². The van der Waals surface area contributed by atoms with Crippen molar-refractivity contribution in [1.82, 2.24) is 4.90 Å². The van der Waals surface area contributed by atoms with Gasteiger partial charge in [-0.15, -0.1) is 11.3 Å². The molecule has 4 rings (SSSR count). The number of nitrogens with zero attached hydrogens (tertiary/aromatic N) is 2. The summed E-state index contributed by atoms with van der Waals surface area (Å²) in [5.41, 5.74) is 0.544. The van der Waals surface area contributed by atoms with Crippen molar-refractivity contribution >= 4 is 33.0 Å². The highest BCUT2D eigenvalue weighted by Gasteiger charge is 2.38. The third-order valence-corrected chi connectivity index (χ3v) is 9.44. The first-order chi connectivity index (χ1) is 14.9. The van der Waals surface area contributed by atoms with Crippen molar-refractivity contribution in [2.24, 2.45) is 5.92 Å². The Kier molecular flexibility index (Phi) is 6.57. The van der Waals surface area contributed by atoms with E-state index in [4.69, 9.17) is 4.74 Å². The summed E-state index contributed by atoms with van der Waals surface area (Å²) < 4.78 is 32.7. The van der Waals surface area contributed by atoms with E-state index in [0.717, 1.165) is 31.6 Å². The van der Waals surface area contributed by atoms with E-state index in [1.54, 1.807) is 41.8 Å². The molecule has 2 fully saturated rings. The maximum atomic E-state index is 12.9. The molecule has 0 saturated heterocycles. The molecule has 0 bridgehead atoms. The first-order valence-electron chi connectivity index (χ1n) is 10.9. The summed E-state index contributed by atoms with van der Waals surface area (Å²) in [7, 11) is -2.03. The quantitative estimate of drug-likeness (QED) is 0.578. The molecule has 0 aliphatic heterocycles. The molecular formula is C23H30N2O4S2. The second-order valence-electron chi connectivity index (χ2n) is 8.63. The fourth-order valence-corrected chi connectivity index (χ4v) is 6.59. The summed E-state index contributed by atoms with van der Waals surface area (Å²) in [5, 5.41) is 1.74. The number of thiophene rings is 1. The van der Waals surface area contributed by atoms with Crippen LogP contribution >= 0.6 is 11.3 Å². The lowest BCUT2D eigenvalue weighted by Crippen LogP contribution is -2.45. The number of ether oxygens (including phenoxy) is 1. The molecule has 1 amide bonds. The number of benzene rings is 1. The fourth-order valence-electron chi connectivity index (χ4n) is 4.23. The van der Waals surface area contributed by atoms with Gasteiger partial charge in [-0.3, -0.25) is 9.10 Å². The predicted octanol–water partition coefficient (Wildman–Crippen LogP) is 4.52. The molecule has 2 aliphatic rings. The summed E-state index contributed by atoms with van der Waals surface area (Å²) >= 11 is 1.19. The average molecular weight is 463 g/mol. The van der Waals surface area contributed by atoms with Gasteiger partial charge in [0.25, 0.3) is 15.9 Å². The van der Waals surface area contributed by atoms with Crippen molar-refractivity contribution in [3.63, 3.8) is 0 Å². The van der Waals surface area contributed by atoms with Crippen LogP contribution in [-0.2, 0) is 14.8 Å². The summed E-state index contributed by atoms with van der Waals surface area (Å²) in [4.78, 5) is 15.0. The predicted molar refractivity (Wildman–Crippen MR) is 123 cm³/mol. The first-order valence-corrected chi connectivity index (χ1v) is 13.2. The molecule has 1 aromatic carbocycles. The minimum atomic E-state index is -3.57. The molecule has 0 N–H and O–H groups in total. The highest BCUT2D eigenvalue weighted by molar-refractivity contribution is 7.94. The number of sulfonamides is 1. The van der Waals surface area contributed by atoms with E-state index in [-0.39, 0.29) is 12.5 Å². The van der Waals surface area contributed by atoms with Crippen LogP contribution in [0.25, 0.3) is 0 Å². The summed E-state index contributed by atoms with van der Waals surface area (Å²) in [5.74, 6) is 1.37. The highest BCUT2D eigenvalue weighted by atomic mass is 32.2. The lowest BCUT2D eigenvalue weighted by atomic mass is 9.86. The van der Waals surface area contributed by atoms with Crippen LogP contribution in [0.5, 0.6) is 5.75 Å². The van der Waals surface area contributed by atoms with E-state index in [1.807, 2.05) is 0 Å². The zero-order chi connectivity index (χ0) is 22.0. The lowest BCUT2D eigenvalue weighted by molar-refractivity contribution is -0.137. The molecule has 2 aliphatic carbocycles. The zero-order valence-corrected chi connectivity index (χ0v) is 19.7. The van der Waals surface area contributed by atoms with E-state index >= 15 is 0 Å². The van der Waals surface area contributed by atoms with Crippen LogP contribution in [0.1, 0.15) is 45.4 Å². The molecule has 6 nitrogen and oxygen atoms in total. The standard InChI is InChI=1S/C23H30N2O4S2/c1-17-5-7-19(8-6-17)25(20-9-10-20)22(26)16-29-21-13-11-18(12-14-21)24(2)31(27,28)23-4-3-15-30-23/h3-4,11-15,17,19-20H,5-10,16H2,1-2H3. The van der Waals surface area contributed by atoms with Gasteiger partial charge in [-0.05, 0) is 80.2 Å². The highest BCUT2D eigenvalue weighted by Crippen LogP contribution is 2.35.